The highest BCUT2D eigenvalue weighted by Crippen LogP contribution is 2.18. The first-order valence-corrected chi connectivity index (χ1v) is 7.69. The van der Waals surface area contributed by atoms with E-state index in [0.29, 0.717) is 19.5 Å². The summed E-state index contributed by atoms with van der Waals surface area (Å²) in [6.07, 6.45) is 2.76. The molecule has 0 N–H and O–H groups in total. The lowest BCUT2D eigenvalue weighted by atomic mass is 9.92. The van der Waals surface area contributed by atoms with Gasteiger partial charge in [-0.2, -0.15) is 0 Å². The van der Waals surface area contributed by atoms with Crippen LogP contribution in [0.25, 0.3) is 0 Å². The van der Waals surface area contributed by atoms with Crippen molar-refractivity contribution in [3.63, 3.8) is 0 Å². The molecule has 0 spiro atoms. The van der Waals surface area contributed by atoms with Crippen LogP contribution in [-0.2, 0) is 16.1 Å². The summed E-state index contributed by atoms with van der Waals surface area (Å²) in [6, 6.07) is 9.62. The third-order valence-electron chi connectivity index (χ3n) is 4.02. The number of carbonyl (C=O) groups is 2. The van der Waals surface area contributed by atoms with E-state index in [1.165, 1.54) is 0 Å². The number of ether oxygens (including phenoxy) is 1. The van der Waals surface area contributed by atoms with Gasteiger partial charge < -0.3 is 9.64 Å². The van der Waals surface area contributed by atoms with E-state index in [4.69, 9.17) is 4.74 Å². The lowest BCUT2D eigenvalue weighted by Crippen LogP contribution is -2.37. The Labute approximate surface area is 126 Å². The Bertz CT molecular complexity index is 472. The Kier molecular flexibility index (Phi) is 5.78. The first-order valence-electron chi connectivity index (χ1n) is 7.69. The van der Waals surface area contributed by atoms with Crippen molar-refractivity contribution in [3.8, 4) is 0 Å². The number of amides is 1. The van der Waals surface area contributed by atoms with Gasteiger partial charge in [-0.1, -0.05) is 37.3 Å². The van der Waals surface area contributed by atoms with Crippen LogP contribution in [0.5, 0.6) is 0 Å². The second-order valence-corrected chi connectivity index (χ2v) is 5.49. The van der Waals surface area contributed by atoms with E-state index in [-0.39, 0.29) is 24.4 Å². The molecule has 4 heteroatoms. The fraction of sp³-hybridized carbons (Fsp3) is 0.529. The Morgan fingerprint density at radius 1 is 1.29 bits per heavy atom. The summed E-state index contributed by atoms with van der Waals surface area (Å²) in [6.45, 7) is 3.48. The van der Waals surface area contributed by atoms with Crippen LogP contribution in [0.3, 0.4) is 0 Å². The van der Waals surface area contributed by atoms with Crippen LogP contribution in [0, 0.1) is 5.92 Å². The van der Waals surface area contributed by atoms with Gasteiger partial charge in [0, 0.05) is 25.4 Å². The van der Waals surface area contributed by atoms with Gasteiger partial charge in [-0.25, -0.2) is 4.79 Å². The Morgan fingerprint density at radius 2 is 2.05 bits per heavy atom. The lowest BCUT2D eigenvalue weighted by Gasteiger charge is -2.26. The molecule has 1 atom stereocenters. The van der Waals surface area contributed by atoms with Gasteiger partial charge in [0.05, 0.1) is 0 Å². The molecule has 1 unspecified atom stereocenters. The molecule has 0 bridgehead atoms. The number of hydrogen-bond donors (Lipinski definition) is 0. The van der Waals surface area contributed by atoms with Crippen LogP contribution >= 0.6 is 0 Å². The minimum absolute atomic E-state index is 0.174. The summed E-state index contributed by atoms with van der Waals surface area (Å²) < 4.78 is 5.33. The van der Waals surface area contributed by atoms with E-state index < -0.39 is 0 Å². The van der Waals surface area contributed by atoms with E-state index in [1.54, 1.807) is 4.90 Å². The largest absolute Gasteiger partial charge is 0.445 e. The molecule has 0 aliphatic carbocycles. The summed E-state index contributed by atoms with van der Waals surface area (Å²) >= 11 is 0. The van der Waals surface area contributed by atoms with Crippen molar-refractivity contribution in [2.24, 2.45) is 5.92 Å². The zero-order chi connectivity index (χ0) is 15.1. The van der Waals surface area contributed by atoms with Gasteiger partial charge in [0.1, 0.15) is 12.4 Å². The van der Waals surface area contributed by atoms with E-state index in [9.17, 15) is 9.59 Å². The number of likely N-dealkylation sites (tertiary alicyclic amines) is 1. The number of rotatable bonds is 3. The maximum Gasteiger partial charge on any atom is 0.410 e. The summed E-state index contributed by atoms with van der Waals surface area (Å²) in [5.41, 5.74) is 0.972. The van der Waals surface area contributed by atoms with Crippen molar-refractivity contribution >= 4 is 11.9 Å². The van der Waals surface area contributed by atoms with Crippen molar-refractivity contribution in [2.75, 3.05) is 13.1 Å². The molecule has 1 amide bonds. The third kappa shape index (κ3) is 4.59. The fourth-order valence-corrected chi connectivity index (χ4v) is 2.68. The molecule has 0 aromatic heterocycles. The number of benzene rings is 1. The van der Waals surface area contributed by atoms with Crippen molar-refractivity contribution in [2.45, 2.75) is 39.2 Å². The maximum absolute atomic E-state index is 12.1. The summed E-state index contributed by atoms with van der Waals surface area (Å²) in [5, 5.41) is 0. The zero-order valence-corrected chi connectivity index (χ0v) is 12.6. The minimum atomic E-state index is -0.318. The molecule has 1 aliphatic heterocycles. The van der Waals surface area contributed by atoms with Gasteiger partial charge in [-0.15, -0.1) is 0 Å². The molecule has 1 saturated heterocycles. The first-order chi connectivity index (χ1) is 10.2. The van der Waals surface area contributed by atoms with Gasteiger partial charge >= 0.3 is 6.09 Å². The first kappa shape index (κ1) is 15.5. The molecule has 1 aliphatic rings. The molecule has 0 radical (unpaired) electrons. The summed E-state index contributed by atoms with van der Waals surface area (Å²) in [4.78, 5) is 25.7. The second-order valence-electron chi connectivity index (χ2n) is 5.49. The molecule has 0 saturated carbocycles. The monoisotopic (exact) mass is 289 g/mol. The van der Waals surface area contributed by atoms with Crippen molar-refractivity contribution < 1.29 is 14.3 Å². The Morgan fingerprint density at radius 3 is 2.76 bits per heavy atom. The number of ketones is 1. The quantitative estimate of drug-likeness (QED) is 0.856. The molecule has 1 fully saturated rings. The highest BCUT2D eigenvalue weighted by Gasteiger charge is 2.23. The van der Waals surface area contributed by atoms with E-state index in [1.807, 2.05) is 30.3 Å². The standard InChI is InChI=1S/C17H23NO3/c1-2-15-9-6-11-18(12-10-16(15)19)17(20)21-13-14-7-4-3-5-8-14/h3-5,7-8,15H,2,6,9-13H2,1H3. The van der Waals surface area contributed by atoms with Crippen molar-refractivity contribution in [1.82, 2.24) is 4.90 Å². The Balaban J connectivity index is 1.83. The molecule has 1 aromatic rings. The highest BCUT2D eigenvalue weighted by atomic mass is 16.6. The SMILES string of the molecule is CCC1CCCN(C(=O)OCc2ccccc2)CCC1=O. The van der Waals surface area contributed by atoms with E-state index in [0.717, 1.165) is 24.8 Å². The minimum Gasteiger partial charge on any atom is -0.445 e. The van der Waals surface area contributed by atoms with Gasteiger partial charge in [0.2, 0.25) is 0 Å². The molecule has 114 valence electrons. The topological polar surface area (TPSA) is 46.6 Å². The molecular formula is C17H23NO3. The number of hydrogen-bond acceptors (Lipinski definition) is 3. The molecular weight excluding hydrogens is 266 g/mol. The van der Waals surface area contributed by atoms with Crippen LogP contribution in [0.4, 0.5) is 4.79 Å². The third-order valence-corrected chi connectivity index (χ3v) is 4.02. The molecule has 21 heavy (non-hydrogen) atoms. The average Bonchev–Trinajstić information content (AvgIpc) is 2.50. The normalized spacial score (nSPS) is 19.8. The van der Waals surface area contributed by atoms with Crippen molar-refractivity contribution in [3.05, 3.63) is 35.9 Å². The van der Waals surface area contributed by atoms with Gasteiger partial charge in [0.25, 0.3) is 0 Å². The predicted molar refractivity (Wildman–Crippen MR) is 80.8 cm³/mol. The number of nitrogens with zero attached hydrogens (tertiary/aromatic N) is 1. The zero-order valence-electron chi connectivity index (χ0n) is 12.6. The lowest BCUT2D eigenvalue weighted by molar-refractivity contribution is -0.123. The highest BCUT2D eigenvalue weighted by molar-refractivity contribution is 5.81. The smallest absolute Gasteiger partial charge is 0.410 e. The molecule has 4 nitrogen and oxygen atoms in total. The Hall–Kier alpha value is -1.84. The van der Waals surface area contributed by atoms with Crippen LogP contribution in [-0.4, -0.2) is 29.9 Å². The second kappa shape index (κ2) is 7.81. The van der Waals surface area contributed by atoms with Gasteiger partial charge in [-0.3, -0.25) is 4.79 Å². The predicted octanol–water partition coefficient (Wildman–Crippen LogP) is 3.40. The van der Waals surface area contributed by atoms with Crippen LogP contribution < -0.4 is 0 Å². The molecule has 1 heterocycles. The van der Waals surface area contributed by atoms with Crippen molar-refractivity contribution in [1.29, 1.82) is 0 Å². The van der Waals surface area contributed by atoms with Gasteiger partial charge in [-0.05, 0) is 24.8 Å². The number of Topliss-reactive ketones (excluding diaryl/α,β-unsaturated/α-hetero) is 1. The van der Waals surface area contributed by atoms with Crippen LogP contribution in [0.2, 0.25) is 0 Å². The van der Waals surface area contributed by atoms with Crippen LogP contribution in [0.15, 0.2) is 30.3 Å². The molecule has 1 aromatic carbocycles. The molecule has 2 rings (SSSR count). The number of carbonyl (C=O) groups excluding carboxylic acids is 2. The van der Waals surface area contributed by atoms with E-state index in [2.05, 4.69) is 6.92 Å². The fourth-order valence-electron chi connectivity index (χ4n) is 2.68. The maximum atomic E-state index is 12.1. The van der Waals surface area contributed by atoms with Gasteiger partial charge in [0.15, 0.2) is 0 Å². The van der Waals surface area contributed by atoms with Crippen LogP contribution in [0.1, 0.15) is 38.2 Å². The van der Waals surface area contributed by atoms with E-state index >= 15 is 0 Å². The summed E-state index contributed by atoms with van der Waals surface area (Å²) in [7, 11) is 0. The summed E-state index contributed by atoms with van der Waals surface area (Å²) in [5.74, 6) is 0.450. The average molecular weight is 289 g/mol.